The highest BCUT2D eigenvalue weighted by atomic mass is 35.5. The van der Waals surface area contributed by atoms with Gasteiger partial charge < -0.3 is 24.4 Å². The minimum absolute atomic E-state index is 0.0272. The number of aromatic nitrogens is 3. The Bertz CT molecular complexity index is 1740. The van der Waals surface area contributed by atoms with Gasteiger partial charge in [0.2, 0.25) is 11.9 Å². The normalized spacial score (nSPS) is 19.9. The lowest BCUT2D eigenvalue weighted by Gasteiger charge is -2.39. The molecule has 0 spiro atoms. The van der Waals surface area contributed by atoms with E-state index in [1.165, 1.54) is 26.4 Å². The summed E-state index contributed by atoms with van der Waals surface area (Å²) in [6, 6.07) is 2.99. The third-order valence-electron chi connectivity index (χ3n) is 8.82. The van der Waals surface area contributed by atoms with Gasteiger partial charge in [-0.2, -0.15) is 4.98 Å². The van der Waals surface area contributed by atoms with E-state index in [1.54, 1.807) is 27.8 Å². The zero-order valence-electron chi connectivity index (χ0n) is 26.6. The minimum Gasteiger partial charge on any atom is -0.495 e. The molecule has 3 unspecified atom stereocenters. The number of likely N-dealkylation sites (N-methyl/N-ethyl adjacent to an activating group) is 1. The van der Waals surface area contributed by atoms with Gasteiger partial charge in [0.1, 0.15) is 17.1 Å². The summed E-state index contributed by atoms with van der Waals surface area (Å²) >= 11 is 13.5. The number of anilines is 1. The van der Waals surface area contributed by atoms with E-state index in [-0.39, 0.29) is 69.4 Å². The van der Waals surface area contributed by atoms with Crippen LogP contribution in [0.4, 0.5) is 5.95 Å². The molecule has 0 saturated carbocycles. The summed E-state index contributed by atoms with van der Waals surface area (Å²) in [7, 11) is 4.93. The van der Waals surface area contributed by atoms with Gasteiger partial charge in [0.15, 0.2) is 5.78 Å². The fraction of sp³-hybridized carbons (Fsp3) is 0.424. The van der Waals surface area contributed by atoms with Gasteiger partial charge >= 0.3 is 0 Å². The maximum atomic E-state index is 14.4. The van der Waals surface area contributed by atoms with Gasteiger partial charge in [0, 0.05) is 67.8 Å². The molecule has 0 aliphatic carbocycles. The lowest BCUT2D eigenvalue weighted by Crippen LogP contribution is -2.53. The zero-order chi connectivity index (χ0) is 33.8. The molecule has 2 saturated heterocycles. The molecule has 2 aliphatic rings. The number of amides is 1. The number of nitrogens with one attached hydrogen (secondary N) is 1. The molecule has 2 aromatic heterocycles. The Morgan fingerprint density at radius 1 is 1.11 bits per heavy atom. The van der Waals surface area contributed by atoms with Crippen molar-refractivity contribution in [3.05, 3.63) is 64.0 Å². The summed E-state index contributed by atoms with van der Waals surface area (Å²) in [6.45, 7) is 10.0. The van der Waals surface area contributed by atoms with E-state index in [2.05, 4.69) is 28.4 Å². The maximum absolute atomic E-state index is 14.4. The summed E-state index contributed by atoms with van der Waals surface area (Å²) < 4.78 is 18.2. The second kappa shape index (κ2) is 14.8. The first-order valence-electron chi connectivity index (χ1n) is 15.2. The highest BCUT2D eigenvalue weighted by Gasteiger charge is 2.31. The minimum atomic E-state index is -0.377. The van der Waals surface area contributed by atoms with Crippen LogP contribution in [-0.2, 0) is 20.9 Å². The number of methoxy groups -OCH3 is 2. The number of fused-ring (bicyclic) bond motifs is 1. The van der Waals surface area contributed by atoms with Crippen LogP contribution in [0.3, 0.4) is 0 Å². The molecule has 1 N–H and O–H groups in total. The van der Waals surface area contributed by atoms with Gasteiger partial charge in [-0.15, -0.1) is 0 Å². The summed E-state index contributed by atoms with van der Waals surface area (Å²) in [4.78, 5) is 52.2. The van der Waals surface area contributed by atoms with Gasteiger partial charge in [0.05, 0.1) is 49.1 Å². The second-order valence-corrected chi connectivity index (χ2v) is 12.4. The van der Waals surface area contributed by atoms with E-state index in [4.69, 9.17) is 42.4 Å². The second-order valence-electron chi connectivity index (χ2n) is 11.6. The summed E-state index contributed by atoms with van der Waals surface area (Å²) in [5, 5.41) is 4.19. The lowest BCUT2D eigenvalue weighted by atomic mass is 9.97. The predicted octanol–water partition coefficient (Wildman–Crippen LogP) is 4.07. The van der Waals surface area contributed by atoms with Gasteiger partial charge in [0.25, 0.3) is 5.56 Å². The average Bonchev–Trinajstić information content (AvgIpc) is 3.50. The molecule has 0 bridgehead atoms. The quantitative estimate of drug-likeness (QED) is 0.279. The molecule has 12 nitrogen and oxygen atoms in total. The third kappa shape index (κ3) is 7.15. The molecule has 47 heavy (non-hydrogen) atoms. The van der Waals surface area contributed by atoms with Crippen molar-refractivity contribution in [1.82, 2.24) is 24.3 Å². The van der Waals surface area contributed by atoms with Crippen molar-refractivity contribution in [2.75, 3.05) is 59.4 Å². The van der Waals surface area contributed by atoms with Gasteiger partial charge in [-0.1, -0.05) is 36.4 Å². The number of ketones is 1. The topological polar surface area (TPSA) is 128 Å². The van der Waals surface area contributed by atoms with Crippen LogP contribution in [0, 0.1) is 5.92 Å². The molecule has 3 aromatic rings. The number of nitrogens with zero attached hydrogens (tertiary/aromatic N) is 5. The van der Waals surface area contributed by atoms with Crippen molar-refractivity contribution in [2.24, 2.45) is 5.92 Å². The van der Waals surface area contributed by atoms with Crippen molar-refractivity contribution >= 4 is 51.9 Å². The Balaban J connectivity index is 1.59. The smallest absolute Gasteiger partial charge is 0.260 e. The maximum Gasteiger partial charge on any atom is 0.260 e. The molecule has 4 heterocycles. The molecular weight excluding hydrogens is 647 g/mol. The molecule has 2 fully saturated rings. The summed E-state index contributed by atoms with van der Waals surface area (Å²) in [5.74, 6) is 0.603. The van der Waals surface area contributed by atoms with E-state index < -0.39 is 0 Å². The molecule has 0 radical (unpaired) electrons. The Hall–Kier alpha value is -3.97. The van der Waals surface area contributed by atoms with Crippen LogP contribution in [0.5, 0.6) is 11.5 Å². The van der Waals surface area contributed by atoms with Crippen molar-refractivity contribution in [3.63, 3.8) is 0 Å². The van der Waals surface area contributed by atoms with Crippen LogP contribution in [0.2, 0.25) is 10.0 Å². The Morgan fingerprint density at radius 3 is 2.49 bits per heavy atom. The lowest BCUT2D eigenvalue weighted by molar-refractivity contribution is -0.128. The van der Waals surface area contributed by atoms with Crippen LogP contribution in [0.15, 0.2) is 48.4 Å². The van der Waals surface area contributed by atoms with Crippen LogP contribution < -0.4 is 20.3 Å². The number of carbonyl (C=O) groups is 2. The molecule has 5 rings (SSSR count). The first-order chi connectivity index (χ1) is 22.6. The average molecular weight is 686 g/mol. The van der Waals surface area contributed by atoms with Crippen molar-refractivity contribution in [2.45, 2.75) is 31.5 Å². The van der Waals surface area contributed by atoms with Crippen molar-refractivity contribution < 1.29 is 23.8 Å². The number of hydrogen-bond donors (Lipinski definition) is 1. The predicted molar refractivity (Wildman–Crippen MR) is 182 cm³/mol. The van der Waals surface area contributed by atoms with E-state index in [0.717, 1.165) is 0 Å². The van der Waals surface area contributed by atoms with Gasteiger partial charge in [-0.05, 0) is 31.7 Å². The van der Waals surface area contributed by atoms with E-state index >= 15 is 0 Å². The van der Waals surface area contributed by atoms with E-state index in [1.807, 2.05) is 7.05 Å². The van der Waals surface area contributed by atoms with Crippen molar-refractivity contribution in [3.8, 4) is 22.6 Å². The fourth-order valence-corrected chi connectivity index (χ4v) is 6.77. The van der Waals surface area contributed by atoms with Gasteiger partial charge in [-0.25, -0.2) is 4.98 Å². The summed E-state index contributed by atoms with van der Waals surface area (Å²) in [5.41, 5.74) is 0.510. The highest BCUT2D eigenvalue weighted by Crippen LogP contribution is 2.45. The third-order valence-corrected chi connectivity index (χ3v) is 9.57. The molecule has 2 aliphatic heterocycles. The number of rotatable bonds is 12. The van der Waals surface area contributed by atoms with Gasteiger partial charge in [-0.3, -0.25) is 23.9 Å². The monoisotopic (exact) mass is 684 g/mol. The van der Waals surface area contributed by atoms with Crippen LogP contribution >= 0.6 is 23.2 Å². The largest absolute Gasteiger partial charge is 0.495 e. The molecule has 3 atom stereocenters. The number of benzene rings is 1. The number of aryl methyl sites for hydroxylation is 1. The number of halogens is 2. The number of hydrogen-bond acceptors (Lipinski definition) is 10. The SMILES string of the molecule is C=CC(=O)CC1COCC1Nc1ncc2cc(-c3c(Cl)c(OC)cc(OC)c3Cl)c(=O)n(CCC3CN(C(=O)C=C)CCN3C)c2n1. The summed E-state index contributed by atoms with van der Waals surface area (Å²) in [6.07, 6.45) is 5.08. The molecular formula is C33H38Cl2N6O6. The standard InChI is InChI=1S/C33H38Cl2N6O6/c1-6-22(42)12-20-17-47-18-24(20)37-33-36-15-19-13-23(28-29(34)25(45-4)14-26(46-5)30(28)35)32(44)41(31(19)38-33)9-8-21-16-40(27(43)7-2)11-10-39(21)3/h6-7,13-15,20-21,24H,1-2,8-12,16-18H2,3-5H3,(H,36,37,38). The number of ether oxygens (including phenoxy) is 3. The first-order valence-corrected chi connectivity index (χ1v) is 16.0. The molecule has 250 valence electrons. The molecule has 1 amide bonds. The first kappa shape index (κ1) is 34.4. The Morgan fingerprint density at radius 2 is 1.83 bits per heavy atom. The fourth-order valence-electron chi connectivity index (χ4n) is 6.07. The van der Waals surface area contributed by atoms with Crippen LogP contribution in [0.25, 0.3) is 22.2 Å². The van der Waals surface area contributed by atoms with Crippen LogP contribution in [0.1, 0.15) is 12.8 Å². The highest BCUT2D eigenvalue weighted by molar-refractivity contribution is 6.41. The van der Waals surface area contributed by atoms with E-state index in [0.29, 0.717) is 67.7 Å². The zero-order valence-corrected chi connectivity index (χ0v) is 28.1. The Labute approximate surface area is 282 Å². The van der Waals surface area contributed by atoms with Crippen LogP contribution in [-0.4, -0.2) is 102 Å². The van der Waals surface area contributed by atoms with Crippen molar-refractivity contribution in [1.29, 1.82) is 0 Å². The number of carbonyl (C=O) groups excluding carboxylic acids is 2. The number of allylic oxidation sites excluding steroid dienone is 1. The van der Waals surface area contributed by atoms with E-state index in [9.17, 15) is 14.4 Å². The number of piperazine rings is 1. The molecule has 14 heteroatoms. The number of pyridine rings is 1. The molecule has 1 aromatic carbocycles. The Kier molecular flexibility index (Phi) is 10.9.